The number of alkyl halides is 3. The first-order valence-corrected chi connectivity index (χ1v) is 7.76. The number of benzene rings is 1. The van der Waals surface area contributed by atoms with Gasteiger partial charge in [-0.3, -0.25) is 9.59 Å². The molecule has 1 heterocycles. The molecule has 25 heavy (non-hydrogen) atoms. The molecule has 1 aromatic carbocycles. The number of carbonyl (C=O) groups is 1. The molecule has 8 heteroatoms. The lowest BCUT2D eigenvalue weighted by Crippen LogP contribution is -2.35. The van der Waals surface area contributed by atoms with Crippen LogP contribution in [-0.2, 0) is 12.6 Å². The van der Waals surface area contributed by atoms with E-state index in [0.29, 0.717) is 18.2 Å². The Kier molecular flexibility index (Phi) is 4.28. The number of hydrogen-bond donors (Lipinski definition) is 3. The number of aromatic nitrogens is 1. The van der Waals surface area contributed by atoms with Crippen molar-refractivity contribution in [2.75, 3.05) is 5.73 Å². The van der Waals surface area contributed by atoms with Crippen molar-refractivity contribution in [1.29, 1.82) is 0 Å². The maximum Gasteiger partial charge on any atom is 0.431 e. The van der Waals surface area contributed by atoms with E-state index < -0.39 is 23.3 Å². The Morgan fingerprint density at radius 1 is 1.24 bits per heavy atom. The smallest absolute Gasteiger partial charge is 0.398 e. The zero-order valence-electron chi connectivity index (χ0n) is 13.1. The van der Waals surface area contributed by atoms with Crippen LogP contribution in [0.1, 0.15) is 46.1 Å². The molecule has 2 aromatic rings. The molecule has 0 bridgehead atoms. The third-order valence-electron chi connectivity index (χ3n) is 4.31. The number of anilines is 1. The molecule has 1 amide bonds. The summed E-state index contributed by atoms with van der Waals surface area (Å²) in [5, 5.41) is 2.72. The molecule has 0 spiro atoms. The molecule has 3 rings (SSSR count). The molecule has 4 N–H and O–H groups in total. The predicted octanol–water partition coefficient (Wildman–Crippen LogP) is 2.78. The number of pyridine rings is 1. The lowest BCUT2D eigenvalue weighted by molar-refractivity contribution is -0.141. The molecular formula is C17H16F3N3O2. The van der Waals surface area contributed by atoms with Crippen molar-refractivity contribution in [3.05, 3.63) is 63.1 Å². The number of aromatic amines is 1. The Morgan fingerprint density at radius 2 is 2.00 bits per heavy atom. The number of nitrogen functional groups attached to an aromatic ring is 1. The Hall–Kier alpha value is -2.77. The molecule has 0 radical (unpaired) electrons. The highest BCUT2D eigenvalue weighted by molar-refractivity contribution is 5.94. The van der Waals surface area contributed by atoms with E-state index >= 15 is 0 Å². The summed E-state index contributed by atoms with van der Waals surface area (Å²) in [6.07, 6.45) is -2.39. The summed E-state index contributed by atoms with van der Waals surface area (Å²) in [7, 11) is 0. The lowest BCUT2D eigenvalue weighted by Gasteiger charge is -2.27. The second kappa shape index (κ2) is 6.27. The molecule has 1 atom stereocenters. The van der Waals surface area contributed by atoms with Gasteiger partial charge < -0.3 is 16.0 Å². The molecule has 0 saturated carbocycles. The van der Waals surface area contributed by atoms with Gasteiger partial charge in [0, 0.05) is 5.69 Å². The van der Waals surface area contributed by atoms with Gasteiger partial charge in [0.25, 0.3) is 11.5 Å². The Morgan fingerprint density at radius 3 is 2.68 bits per heavy atom. The molecule has 132 valence electrons. The van der Waals surface area contributed by atoms with E-state index in [-0.39, 0.29) is 11.6 Å². The van der Waals surface area contributed by atoms with Crippen LogP contribution >= 0.6 is 0 Å². The lowest BCUT2D eigenvalue weighted by atomic mass is 9.86. The highest BCUT2D eigenvalue weighted by Crippen LogP contribution is 2.33. The van der Waals surface area contributed by atoms with Crippen molar-refractivity contribution in [1.82, 2.24) is 10.3 Å². The van der Waals surface area contributed by atoms with Gasteiger partial charge in [-0.1, -0.05) is 12.1 Å². The third-order valence-corrected chi connectivity index (χ3v) is 4.31. The fraction of sp³-hybridized carbons (Fsp3) is 0.294. The summed E-state index contributed by atoms with van der Waals surface area (Å²) < 4.78 is 37.8. The quantitative estimate of drug-likeness (QED) is 0.727. The fourth-order valence-electron chi connectivity index (χ4n) is 3.08. The molecule has 1 aliphatic rings. The van der Waals surface area contributed by atoms with Crippen molar-refractivity contribution < 1.29 is 18.0 Å². The zero-order chi connectivity index (χ0) is 18.2. The summed E-state index contributed by atoms with van der Waals surface area (Å²) in [5.41, 5.74) is 5.81. The average molecular weight is 351 g/mol. The van der Waals surface area contributed by atoms with Gasteiger partial charge in [-0.15, -0.1) is 0 Å². The molecule has 0 fully saturated rings. The van der Waals surface area contributed by atoms with E-state index in [1.807, 2.05) is 6.07 Å². The summed E-state index contributed by atoms with van der Waals surface area (Å²) >= 11 is 0. The van der Waals surface area contributed by atoms with Crippen LogP contribution in [0.25, 0.3) is 0 Å². The van der Waals surface area contributed by atoms with Crippen LogP contribution in [0.2, 0.25) is 0 Å². The minimum atomic E-state index is -4.67. The first-order chi connectivity index (χ1) is 11.8. The number of nitrogens with two attached hydrogens (primary N) is 1. The normalized spacial score (nSPS) is 17.0. The highest BCUT2D eigenvalue weighted by atomic mass is 19.4. The van der Waals surface area contributed by atoms with Crippen LogP contribution in [0.3, 0.4) is 0 Å². The van der Waals surface area contributed by atoms with Gasteiger partial charge in [-0.2, -0.15) is 13.2 Å². The largest absolute Gasteiger partial charge is 0.431 e. The van der Waals surface area contributed by atoms with E-state index in [0.717, 1.165) is 30.0 Å². The van der Waals surface area contributed by atoms with Crippen LogP contribution in [0.15, 0.2) is 35.1 Å². The van der Waals surface area contributed by atoms with Gasteiger partial charge in [0.2, 0.25) is 0 Å². The van der Waals surface area contributed by atoms with E-state index in [1.54, 1.807) is 17.1 Å². The number of nitrogens with one attached hydrogen (secondary N) is 2. The van der Waals surface area contributed by atoms with Crippen molar-refractivity contribution in [3.63, 3.8) is 0 Å². The van der Waals surface area contributed by atoms with Gasteiger partial charge in [0.15, 0.2) is 0 Å². The van der Waals surface area contributed by atoms with E-state index in [2.05, 4.69) is 5.32 Å². The number of H-pyrrole nitrogens is 1. The summed E-state index contributed by atoms with van der Waals surface area (Å²) in [5.74, 6) is -0.713. The van der Waals surface area contributed by atoms with Gasteiger partial charge in [-0.05, 0) is 48.6 Å². The molecule has 0 aliphatic heterocycles. The SMILES string of the molecule is Nc1cccc2c1CCCC2NC(=O)c1ccc(C(F)(F)F)[nH]c1=O. The van der Waals surface area contributed by atoms with Crippen LogP contribution in [-0.4, -0.2) is 10.9 Å². The van der Waals surface area contributed by atoms with Crippen molar-refractivity contribution in [3.8, 4) is 0 Å². The second-order valence-corrected chi connectivity index (χ2v) is 5.95. The van der Waals surface area contributed by atoms with E-state index in [1.165, 1.54) is 0 Å². The number of fused-ring (bicyclic) bond motifs is 1. The maximum absolute atomic E-state index is 12.6. The molecule has 1 aromatic heterocycles. The average Bonchev–Trinajstić information content (AvgIpc) is 2.55. The van der Waals surface area contributed by atoms with Gasteiger partial charge in [0.1, 0.15) is 11.3 Å². The summed E-state index contributed by atoms with van der Waals surface area (Å²) in [6, 6.07) is 6.66. The first-order valence-electron chi connectivity index (χ1n) is 7.76. The standard InChI is InChI=1S/C17H16F3N3O2/c18-17(19,20)14-8-7-11(16(25)23-14)15(24)22-13-6-2-3-9-10(13)4-1-5-12(9)21/h1,4-5,7-8,13H,2-3,6,21H2,(H,22,24)(H,23,25). The topological polar surface area (TPSA) is 88.0 Å². The molecule has 1 unspecified atom stereocenters. The van der Waals surface area contributed by atoms with Gasteiger partial charge >= 0.3 is 6.18 Å². The number of carbonyl (C=O) groups excluding carboxylic acids is 1. The number of halogens is 3. The van der Waals surface area contributed by atoms with Gasteiger partial charge in [-0.25, -0.2) is 0 Å². The minimum Gasteiger partial charge on any atom is -0.398 e. The van der Waals surface area contributed by atoms with Crippen LogP contribution in [0.5, 0.6) is 0 Å². The number of amides is 1. The molecular weight excluding hydrogens is 335 g/mol. The monoisotopic (exact) mass is 351 g/mol. The fourth-order valence-corrected chi connectivity index (χ4v) is 3.08. The van der Waals surface area contributed by atoms with Crippen molar-refractivity contribution >= 4 is 11.6 Å². The minimum absolute atomic E-state index is 0.332. The second-order valence-electron chi connectivity index (χ2n) is 5.95. The number of hydrogen-bond acceptors (Lipinski definition) is 3. The van der Waals surface area contributed by atoms with Crippen LogP contribution in [0.4, 0.5) is 18.9 Å². The van der Waals surface area contributed by atoms with Crippen molar-refractivity contribution in [2.45, 2.75) is 31.5 Å². The predicted molar refractivity (Wildman–Crippen MR) is 86.1 cm³/mol. The molecule has 1 aliphatic carbocycles. The first kappa shape index (κ1) is 17.1. The summed E-state index contributed by atoms with van der Waals surface area (Å²) in [6.45, 7) is 0. The third kappa shape index (κ3) is 3.38. The van der Waals surface area contributed by atoms with Crippen LogP contribution < -0.4 is 16.6 Å². The Balaban J connectivity index is 1.85. The van der Waals surface area contributed by atoms with Gasteiger partial charge in [0.05, 0.1) is 6.04 Å². The van der Waals surface area contributed by atoms with E-state index in [9.17, 15) is 22.8 Å². The van der Waals surface area contributed by atoms with Crippen molar-refractivity contribution in [2.24, 2.45) is 0 Å². The zero-order valence-corrected chi connectivity index (χ0v) is 13.1. The number of rotatable bonds is 2. The Labute approximate surface area is 141 Å². The summed E-state index contributed by atoms with van der Waals surface area (Å²) in [4.78, 5) is 25.9. The molecule has 0 saturated heterocycles. The molecule has 5 nitrogen and oxygen atoms in total. The Bertz CT molecular complexity index is 874. The highest BCUT2D eigenvalue weighted by Gasteiger charge is 2.32. The van der Waals surface area contributed by atoms with Crippen LogP contribution in [0, 0.1) is 0 Å². The van der Waals surface area contributed by atoms with E-state index in [4.69, 9.17) is 5.73 Å². The maximum atomic E-state index is 12.6.